The lowest BCUT2D eigenvalue weighted by atomic mass is 10.2. The average Bonchev–Trinajstić information content (AvgIpc) is 2.47. The van der Waals surface area contributed by atoms with Crippen LogP contribution in [0.2, 0.25) is 5.02 Å². The molecule has 8 heteroatoms. The van der Waals surface area contributed by atoms with Crippen LogP contribution in [0.3, 0.4) is 0 Å². The van der Waals surface area contributed by atoms with Crippen LogP contribution in [0, 0.1) is 3.57 Å². The van der Waals surface area contributed by atoms with Crippen LogP contribution >= 0.6 is 34.2 Å². The molecular weight excluding hydrogens is 419 g/mol. The number of carbonyl (C=O) groups excluding carboxylic acids is 2. The van der Waals surface area contributed by atoms with Crippen molar-refractivity contribution in [3.63, 3.8) is 0 Å². The Labute approximate surface area is 145 Å². The van der Waals surface area contributed by atoms with Crippen LogP contribution in [0.5, 0.6) is 0 Å². The van der Waals surface area contributed by atoms with Gasteiger partial charge in [0.25, 0.3) is 5.91 Å². The first-order valence-corrected chi connectivity index (χ1v) is 7.67. The number of anilines is 2. The van der Waals surface area contributed by atoms with Crippen LogP contribution in [-0.4, -0.2) is 24.0 Å². The summed E-state index contributed by atoms with van der Waals surface area (Å²) in [5.41, 5.74) is 0.907. The minimum absolute atomic E-state index is 0.325. The number of pyridine rings is 1. The predicted molar refractivity (Wildman–Crippen MR) is 94.4 cm³/mol. The lowest BCUT2D eigenvalue weighted by Gasteiger charge is -2.10. The van der Waals surface area contributed by atoms with Crippen LogP contribution in [-0.2, 0) is 0 Å². The lowest BCUT2D eigenvalue weighted by molar-refractivity contribution is 0.102. The second-order valence-electron chi connectivity index (χ2n) is 4.18. The smallest absolute Gasteiger partial charge is 0.320 e. The third-order valence-electron chi connectivity index (χ3n) is 2.68. The van der Waals surface area contributed by atoms with Gasteiger partial charge in [-0.15, -0.1) is 0 Å². The first kappa shape index (κ1) is 16.5. The topological polar surface area (TPSA) is 83.1 Å². The molecule has 6 nitrogen and oxygen atoms in total. The van der Waals surface area contributed by atoms with E-state index in [1.807, 2.05) is 22.6 Å². The van der Waals surface area contributed by atoms with Crippen LogP contribution in [0.4, 0.5) is 16.3 Å². The summed E-state index contributed by atoms with van der Waals surface area (Å²) >= 11 is 8.12. The normalized spacial score (nSPS) is 9.95. The molecule has 3 N–H and O–H groups in total. The highest BCUT2D eigenvalue weighted by Gasteiger charge is 2.14. The number of hydrogen-bond donors (Lipinski definition) is 3. The molecule has 0 fully saturated rings. The highest BCUT2D eigenvalue weighted by atomic mass is 127. The third kappa shape index (κ3) is 4.08. The van der Waals surface area contributed by atoms with Crippen LogP contribution in [0.25, 0.3) is 0 Å². The van der Waals surface area contributed by atoms with Crippen LogP contribution in [0.1, 0.15) is 10.4 Å². The van der Waals surface area contributed by atoms with Crippen molar-refractivity contribution in [2.75, 3.05) is 17.7 Å². The molecule has 0 atom stereocenters. The van der Waals surface area contributed by atoms with Gasteiger partial charge in [-0.05, 0) is 40.8 Å². The number of benzene rings is 1. The number of amides is 3. The van der Waals surface area contributed by atoms with Crippen molar-refractivity contribution < 1.29 is 9.59 Å². The Morgan fingerprint density at radius 3 is 2.68 bits per heavy atom. The van der Waals surface area contributed by atoms with Gasteiger partial charge >= 0.3 is 6.03 Å². The second-order valence-corrected chi connectivity index (χ2v) is 5.75. The Bertz CT molecular complexity index is 703. The van der Waals surface area contributed by atoms with Crippen molar-refractivity contribution in [3.05, 3.63) is 50.7 Å². The number of aromatic nitrogens is 1. The van der Waals surface area contributed by atoms with E-state index in [0.29, 0.717) is 22.1 Å². The molecule has 1 aromatic carbocycles. The number of urea groups is 1. The number of hydrogen-bond acceptors (Lipinski definition) is 3. The molecule has 0 aliphatic heterocycles. The first-order valence-electron chi connectivity index (χ1n) is 6.21. The number of nitrogens with one attached hydrogen (secondary N) is 3. The van der Waals surface area contributed by atoms with Gasteiger partial charge in [0.2, 0.25) is 0 Å². The summed E-state index contributed by atoms with van der Waals surface area (Å²) in [7, 11) is 1.50. The minimum atomic E-state index is -0.392. The zero-order valence-corrected chi connectivity index (χ0v) is 14.4. The van der Waals surface area contributed by atoms with Crippen molar-refractivity contribution in [2.45, 2.75) is 0 Å². The fourth-order valence-corrected chi connectivity index (χ4v) is 2.83. The summed E-state index contributed by atoms with van der Waals surface area (Å²) in [6, 6.07) is 8.01. The fraction of sp³-hybridized carbons (Fsp3) is 0.0714. The standard InChI is InChI=1S/C14H12ClIN4O2/c1-17-14(22)20-11-7-8(5-6-18-11)19-13(21)12-9(15)3-2-4-10(12)16/h2-7H,1H3,(H3,17,18,19,20,21,22). The van der Waals surface area contributed by atoms with Gasteiger partial charge in [0.05, 0.1) is 10.6 Å². The third-order valence-corrected chi connectivity index (χ3v) is 3.89. The minimum Gasteiger partial charge on any atom is -0.341 e. The molecular formula is C14H12ClIN4O2. The molecule has 1 aromatic heterocycles. The van der Waals surface area contributed by atoms with E-state index >= 15 is 0 Å². The summed E-state index contributed by atoms with van der Waals surface area (Å²) in [5.74, 6) is -0.00176. The van der Waals surface area contributed by atoms with Gasteiger partial charge in [-0.3, -0.25) is 10.1 Å². The number of halogens is 2. The molecule has 0 unspecified atom stereocenters. The Morgan fingerprint density at radius 1 is 1.23 bits per heavy atom. The molecule has 0 aliphatic rings. The monoisotopic (exact) mass is 430 g/mol. The maximum Gasteiger partial charge on any atom is 0.320 e. The quantitative estimate of drug-likeness (QED) is 0.653. The molecule has 0 radical (unpaired) electrons. The van der Waals surface area contributed by atoms with Gasteiger partial charge in [-0.2, -0.15) is 0 Å². The van der Waals surface area contributed by atoms with E-state index in [0.717, 1.165) is 3.57 Å². The molecule has 22 heavy (non-hydrogen) atoms. The lowest BCUT2D eigenvalue weighted by Crippen LogP contribution is -2.25. The van der Waals surface area contributed by atoms with E-state index in [-0.39, 0.29) is 5.91 Å². The van der Waals surface area contributed by atoms with Crippen molar-refractivity contribution in [3.8, 4) is 0 Å². The van der Waals surface area contributed by atoms with Crippen LogP contribution in [0.15, 0.2) is 36.5 Å². The van der Waals surface area contributed by atoms with E-state index in [1.165, 1.54) is 13.2 Å². The van der Waals surface area contributed by atoms with E-state index in [2.05, 4.69) is 20.9 Å². The Kier molecular flexibility index (Phi) is 5.56. The molecule has 3 amide bonds. The highest BCUT2D eigenvalue weighted by molar-refractivity contribution is 14.1. The second kappa shape index (κ2) is 7.41. The number of nitrogens with zero attached hydrogens (tertiary/aromatic N) is 1. The van der Waals surface area contributed by atoms with Gasteiger partial charge in [-0.1, -0.05) is 17.7 Å². The van der Waals surface area contributed by atoms with E-state index in [9.17, 15) is 9.59 Å². The number of carbonyl (C=O) groups is 2. The zero-order valence-electron chi connectivity index (χ0n) is 11.5. The van der Waals surface area contributed by atoms with Crippen LogP contribution < -0.4 is 16.0 Å². The molecule has 0 spiro atoms. The Balaban J connectivity index is 2.18. The largest absolute Gasteiger partial charge is 0.341 e. The molecule has 0 aliphatic carbocycles. The van der Waals surface area contributed by atoms with E-state index in [1.54, 1.807) is 30.3 Å². The molecule has 2 rings (SSSR count). The fourth-order valence-electron chi connectivity index (χ4n) is 1.66. The molecule has 114 valence electrons. The SMILES string of the molecule is CNC(=O)Nc1cc(NC(=O)c2c(Cl)cccc2I)ccn1. The van der Waals surface area contributed by atoms with Crippen molar-refractivity contribution in [2.24, 2.45) is 0 Å². The molecule has 0 saturated carbocycles. The number of rotatable bonds is 3. The van der Waals surface area contributed by atoms with Gasteiger partial charge in [-0.25, -0.2) is 9.78 Å². The van der Waals surface area contributed by atoms with Crippen molar-refractivity contribution in [1.29, 1.82) is 0 Å². The average molecular weight is 431 g/mol. The summed E-state index contributed by atoms with van der Waals surface area (Å²) in [6.45, 7) is 0. The first-order chi connectivity index (χ1) is 10.5. The Hall–Kier alpha value is -1.87. The zero-order chi connectivity index (χ0) is 16.1. The van der Waals surface area contributed by atoms with Crippen molar-refractivity contribution in [1.82, 2.24) is 10.3 Å². The summed E-state index contributed by atoms with van der Waals surface area (Å²) in [4.78, 5) is 27.6. The summed E-state index contributed by atoms with van der Waals surface area (Å²) < 4.78 is 0.750. The van der Waals surface area contributed by atoms with E-state index in [4.69, 9.17) is 11.6 Å². The van der Waals surface area contributed by atoms with Crippen molar-refractivity contribution >= 4 is 57.6 Å². The molecule has 0 bridgehead atoms. The molecule has 2 aromatic rings. The molecule has 0 saturated heterocycles. The van der Waals surface area contributed by atoms with Gasteiger partial charge in [0.1, 0.15) is 5.82 Å². The summed E-state index contributed by atoms with van der Waals surface area (Å²) in [5, 5.41) is 8.06. The van der Waals surface area contributed by atoms with Gasteiger partial charge < -0.3 is 10.6 Å². The maximum absolute atomic E-state index is 12.3. The molecule has 1 heterocycles. The highest BCUT2D eigenvalue weighted by Crippen LogP contribution is 2.23. The Morgan fingerprint density at radius 2 is 2.00 bits per heavy atom. The van der Waals surface area contributed by atoms with Gasteiger partial charge in [0, 0.05) is 28.6 Å². The summed E-state index contributed by atoms with van der Waals surface area (Å²) in [6.07, 6.45) is 1.48. The predicted octanol–water partition coefficient (Wildman–Crippen LogP) is 3.34. The van der Waals surface area contributed by atoms with Gasteiger partial charge in [0.15, 0.2) is 0 Å². The maximum atomic E-state index is 12.3. The van der Waals surface area contributed by atoms with E-state index < -0.39 is 6.03 Å².